The summed E-state index contributed by atoms with van der Waals surface area (Å²) in [5, 5.41) is 6.00. The first-order chi connectivity index (χ1) is 12.5. The number of hydrogen-bond donors (Lipinski definition) is 2. The Morgan fingerprint density at radius 3 is 2.08 bits per heavy atom. The first-order valence-electron chi connectivity index (χ1n) is 10.2. The van der Waals surface area contributed by atoms with E-state index in [1.54, 1.807) is 0 Å². The highest BCUT2D eigenvalue weighted by Gasteiger charge is 2.52. The van der Waals surface area contributed by atoms with Gasteiger partial charge in [0.2, 0.25) is 5.91 Å². The second-order valence-corrected chi connectivity index (χ2v) is 9.27. The molecule has 0 aromatic carbocycles. The van der Waals surface area contributed by atoms with E-state index in [0.717, 1.165) is 37.0 Å². The zero-order valence-electron chi connectivity index (χ0n) is 15.2. The molecule has 2 saturated heterocycles. The molecule has 6 fully saturated rings. The summed E-state index contributed by atoms with van der Waals surface area (Å²) in [7, 11) is 0. The summed E-state index contributed by atoms with van der Waals surface area (Å²) in [5.74, 6) is 2.29. The minimum absolute atomic E-state index is 0.0352. The zero-order chi connectivity index (χ0) is 17.9. The molecule has 0 aromatic rings. The summed E-state index contributed by atoms with van der Waals surface area (Å²) >= 11 is 0. The number of amides is 5. The summed E-state index contributed by atoms with van der Waals surface area (Å²) in [4.78, 5) is 39.8. The van der Waals surface area contributed by atoms with E-state index in [1.807, 2.05) is 4.90 Å². The first-order valence-corrected chi connectivity index (χ1v) is 10.2. The van der Waals surface area contributed by atoms with Gasteiger partial charge in [0, 0.05) is 24.7 Å². The van der Waals surface area contributed by atoms with Crippen LogP contribution < -0.4 is 10.6 Å². The first kappa shape index (κ1) is 16.4. The molecule has 5 amide bonds. The Hall–Kier alpha value is -1.79. The maximum atomic E-state index is 12.9. The highest BCUT2D eigenvalue weighted by atomic mass is 16.2. The van der Waals surface area contributed by atoms with Gasteiger partial charge in [0.05, 0.1) is 6.54 Å². The highest BCUT2D eigenvalue weighted by Crippen LogP contribution is 2.55. The van der Waals surface area contributed by atoms with Crippen molar-refractivity contribution in [3.63, 3.8) is 0 Å². The van der Waals surface area contributed by atoms with E-state index in [-0.39, 0.29) is 36.1 Å². The van der Waals surface area contributed by atoms with Crippen molar-refractivity contribution >= 4 is 18.0 Å². The molecule has 2 N–H and O–H groups in total. The summed E-state index contributed by atoms with van der Waals surface area (Å²) in [6.45, 7) is 1.32. The molecular weight excluding hydrogens is 332 g/mol. The highest BCUT2D eigenvalue weighted by molar-refractivity contribution is 6.02. The van der Waals surface area contributed by atoms with Crippen LogP contribution in [0.15, 0.2) is 0 Å². The Balaban J connectivity index is 1.19. The molecule has 0 unspecified atom stereocenters. The minimum atomic E-state index is -0.286. The molecule has 7 nitrogen and oxygen atoms in total. The monoisotopic (exact) mass is 360 g/mol. The molecule has 0 atom stereocenters. The number of rotatable bonds is 2. The lowest BCUT2D eigenvalue weighted by molar-refractivity contribution is -0.127. The molecule has 2 heterocycles. The standard InChI is InChI=1S/C19H28N4O3/c24-16-11-20-17(25)23(16)15-1-3-22(4-2-15)18(26)21-19-8-12-5-13(9-19)7-14(6-12)10-19/h12-15H,1-11H2,(H,20,25)(H,21,26). The molecule has 26 heavy (non-hydrogen) atoms. The van der Waals surface area contributed by atoms with E-state index in [2.05, 4.69) is 10.6 Å². The van der Waals surface area contributed by atoms with Crippen molar-refractivity contribution in [2.75, 3.05) is 19.6 Å². The van der Waals surface area contributed by atoms with Crippen molar-refractivity contribution in [3.8, 4) is 0 Å². The van der Waals surface area contributed by atoms with Gasteiger partial charge >= 0.3 is 12.1 Å². The largest absolute Gasteiger partial charge is 0.333 e. The Kier molecular flexibility index (Phi) is 3.69. The Morgan fingerprint density at radius 2 is 1.58 bits per heavy atom. The number of nitrogens with zero attached hydrogens (tertiary/aromatic N) is 2. The molecule has 2 aliphatic heterocycles. The maximum Gasteiger partial charge on any atom is 0.324 e. The molecule has 4 bridgehead atoms. The number of nitrogens with one attached hydrogen (secondary N) is 2. The van der Waals surface area contributed by atoms with E-state index in [0.29, 0.717) is 25.9 Å². The van der Waals surface area contributed by atoms with E-state index in [1.165, 1.54) is 24.2 Å². The number of hydrogen-bond acceptors (Lipinski definition) is 3. The Morgan fingerprint density at radius 1 is 1.00 bits per heavy atom. The predicted octanol–water partition coefficient (Wildman–Crippen LogP) is 1.68. The maximum absolute atomic E-state index is 12.9. The topological polar surface area (TPSA) is 81.8 Å². The zero-order valence-corrected chi connectivity index (χ0v) is 15.2. The number of piperidine rings is 1. The average Bonchev–Trinajstić information content (AvgIpc) is 2.92. The van der Waals surface area contributed by atoms with Gasteiger partial charge in [-0.15, -0.1) is 0 Å². The van der Waals surface area contributed by atoms with E-state index >= 15 is 0 Å². The molecule has 0 aromatic heterocycles. The molecule has 6 rings (SSSR count). The number of carbonyl (C=O) groups excluding carboxylic acids is 3. The van der Waals surface area contributed by atoms with Crippen LogP contribution in [-0.4, -0.2) is 59.0 Å². The van der Waals surface area contributed by atoms with Crippen LogP contribution in [0.5, 0.6) is 0 Å². The van der Waals surface area contributed by atoms with Crippen LogP contribution in [-0.2, 0) is 4.79 Å². The fraction of sp³-hybridized carbons (Fsp3) is 0.842. The van der Waals surface area contributed by atoms with Crippen LogP contribution in [0, 0.1) is 17.8 Å². The van der Waals surface area contributed by atoms with Gasteiger partial charge in [0.25, 0.3) is 0 Å². The number of imide groups is 1. The van der Waals surface area contributed by atoms with Crippen LogP contribution in [0.1, 0.15) is 51.4 Å². The Labute approximate surface area is 153 Å². The van der Waals surface area contributed by atoms with Gasteiger partial charge in [0.1, 0.15) is 0 Å². The summed E-state index contributed by atoms with van der Waals surface area (Å²) in [6, 6.07) is -0.303. The second kappa shape index (κ2) is 5.86. The van der Waals surface area contributed by atoms with Crippen molar-refractivity contribution in [3.05, 3.63) is 0 Å². The molecule has 142 valence electrons. The number of likely N-dealkylation sites (tertiary alicyclic amines) is 1. The van der Waals surface area contributed by atoms with Crippen LogP contribution in [0.3, 0.4) is 0 Å². The third-order valence-electron chi connectivity index (χ3n) is 7.41. The smallest absolute Gasteiger partial charge is 0.324 e. The normalized spacial score (nSPS) is 39.5. The van der Waals surface area contributed by atoms with Gasteiger partial charge < -0.3 is 15.5 Å². The third-order valence-corrected chi connectivity index (χ3v) is 7.41. The van der Waals surface area contributed by atoms with Crippen molar-refractivity contribution in [2.24, 2.45) is 17.8 Å². The van der Waals surface area contributed by atoms with Gasteiger partial charge in [-0.05, 0) is 69.1 Å². The van der Waals surface area contributed by atoms with E-state index in [4.69, 9.17) is 0 Å². The van der Waals surface area contributed by atoms with Gasteiger partial charge in [-0.3, -0.25) is 9.69 Å². The SMILES string of the molecule is O=C(NC12CC3CC(CC(C3)C1)C2)N1CCC(N2C(=O)CNC2=O)CC1. The molecule has 7 heteroatoms. The summed E-state index contributed by atoms with van der Waals surface area (Å²) < 4.78 is 0. The molecule has 0 radical (unpaired) electrons. The minimum Gasteiger partial charge on any atom is -0.333 e. The molecule has 0 spiro atoms. The van der Waals surface area contributed by atoms with Crippen molar-refractivity contribution in [1.82, 2.24) is 20.4 Å². The molecular formula is C19H28N4O3. The Bertz CT molecular complexity index is 589. The molecule has 6 aliphatic rings. The molecule has 4 aliphatic carbocycles. The predicted molar refractivity (Wildman–Crippen MR) is 94.3 cm³/mol. The van der Waals surface area contributed by atoms with Crippen LogP contribution in [0.2, 0.25) is 0 Å². The van der Waals surface area contributed by atoms with Gasteiger partial charge in [-0.1, -0.05) is 0 Å². The number of carbonyl (C=O) groups is 3. The van der Waals surface area contributed by atoms with E-state index in [9.17, 15) is 14.4 Å². The fourth-order valence-electron chi connectivity index (χ4n) is 6.70. The number of urea groups is 2. The van der Waals surface area contributed by atoms with Crippen molar-refractivity contribution < 1.29 is 14.4 Å². The average molecular weight is 360 g/mol. The quantitative estimate of drug-likeness (QED) is 0.735. The fourth-order valence-corrected chi connectivity index (χ4v) is 6.70. The van der Waals surface area contributed by atoms with Gasteiger partial charge in [-0.2, -0.15) is 0 Å². The van der Waals surface area contributed by atoms with Crippen LogP contribution >= 0.6 is 0 Å². The lowest BCUT2D eigenvalue weighted by Gasteiger charge is -2.57. The van der Waals surface area contributed by atoms with Gasteiger partial charge in [-0.25, -0.2) is 9.59 Å². The van der Waals surface area contributed by atoms with Crippen molar-refractivity contribution in [1.29, 1.82) is 0 Å². The van der Waals surface area contributed by atoms with Crippen LogP contribution in [0.4, 0.5) is 9.59 Å². The second-order valence-electron chi connectivity index (χ2n) is 9.27. The summed E-state index contributed by atoms with van der Waals surface area (Å²) in [6.07, 6.45) is 8.92. The lowest BCUT2D eigenvalue weighted by Crippen LogP contribution is -2.62. The van der Waals surface area contributed by atoms with E-state index < -0.39 is 0 Å². The van der Waals surface area contributed by atoms with Crippen LogP contribution in [0.25, 0.3) is 0 Å². The molecule has 4 saturated carbocycles. The lowest BCUT2D eigenvalue weighted by atomic mass is 9.53. The van der Waals surface area contributed by atoms with Gasteiger partial charge in [0.15, 0.2) is 0 Å². The summed E-state index contributed by atoms with van der Waals surface area (Å²) in [5.41, 5.74) is 0.0352. The third kappa shape index (κ3) is 2.67. The van der Waals surface area contributed by atoms with Crippen molar-refractivity contribution in [2.45, 2.75) is 62.9 Å².